The summed E-state index contributed by atoms with van der Waals surface area (Å²) in [6, 6.07) is 0. The third kappa shape index (κ3) is 97.2. The van der Waals surface area contributed by atoms with Crippen LogP contribution in [0.2, 0.25) is 0 Å². The van der Waals surface area contributed by atoms with Crippen molar-refractivity contribution in [3.63, 3.8) is 0 Å². The van der Waals surface area contributed by atoms with Crippen LogP contribution in [0.5, 0.6) is 0 Å². The number of hydrogen-bond donors (Lipinski definition) is 1. The average Bonchev–Trinajstić information content (AvgIpc) is 2.62. The Bertz CT molecular complexity index is 329. The van der Waals surface area contributed by atoms with Crippen molar-refractivity contribution >= 4 is 184 Å². The molecule has 0 aromatic carbocycles. The Morgan fingerprint density at radius 2 is 1.48 bits per heavy atom. The third-order valence-electron chi connectivity index (χ3n) is 1.03. The van der Waals surface area contributed by atoms with Gasteiger partial charge in [0.15, 0.2) is 0 Å². The number of carbonyl (C=O) groups excluding carboxylic acids is 2. The maximum absolute atomic E-state index is 10.3. The number of nitrogens with one attached hydrogen (secondary N) is 1. The number of methoxy groups -OCH3 is 2. The van der Waals surface area contributed by atoms with E-state index in [-0.39, 0.29) is 17.7 Å². The number of rotatable bonds is 2. The van der Waals surface area contributed by atoms with Crippen LogP contribution in [0.4, 0.5) is 9.59 Å². The van der Waals surface area contributed by atoms with Crippen LogP contribution in [-0.2, 0) is 23.9 Å². The van der Waals surface area contributed by atoms with Crippen molar-refractivity contribution in [3.8, 4) is 0 Å². The number of ether oxygens (including phenoxy) is 2. The van der Waals surface area contributed by atoms with Gasteiger partial charge in [0.2, 0.25) is 0 Å². The quantitative estimate of drug-likeness (QED) is 0.130. The van der Waals surface area contributed by atoms with Crippen molar-refractivity contribution in [2.75, 3.05) is 20.8 Å². The van der Waals surface area contributed by atoms with Gasteiger partial charge in [0, 0.05) is 72.7 Å². The monoisotopic (exact) mass is 1340 g/mol. The van der Waals surface area contributed by atoms with Crippen molar-refractivity contribution in [3.05, 3.63) is 12.7 Å². The van der Waals surface area contributed by atoms with Gasteiger partial charge in [0.1, 0.15) is 0 Å². The zero-order valence-corrected chi connectivity index (χ0v) is 35.0. The summed E-state index contributed by atoms with van der Waals surface area (Å²) in [4.78, 5) is 20.0. The molecule has 0 aliphatic heterocycles. The first kappa shape index (κ1) is 51.1. The first-order chi connectivity index (χ1) is 12.9. The van der Waals surface area contributed by atoms with Crippen molar-refractivity contribution in [2.45, 2.75) is 26.7 Å². The molecule has 0 aromatic heterocycles. The average molecular weight is 1340 g/mol. The van der Waals surface area contributed by atoms with Crippen LogP contribution < -0.4 is 5.32 Å². The van der Waals surface area contributed by atoms with E-state index in [9.17, 15) is 9.59 Å². The molecule has 0 aromatic rings. The molecule has 1 atom stereocenters. The van der Waals surface area contributed by atoms with Gasteiger partial charge in [-0.2, -0.15) is 0 Å². The second-order valence-electron chi connectivity index (χ2n) is 3.02. The Morgan fingerprint density at radius 3 is 1.59 bits per heavy atom. The van der Waals surface area contributed by atoms with Crippen LogP contribution in [0.1, 0.15) is 21.3 Å². The van der Waals surface area contributed by atoms with Gasteiger partial charge >= 0.3 is 126 Å². The molecule has 0 spiro atoms. The Labute approximate surface area is 280 Å². The molecular weight excluding hydrogens is 1320 g/mol. The number of halogens is 10. The van der Waals surface area contributed by atoms with Crippen molar-refractivity contribution in [1.82, 2.24) is 9.25 Å². The molecule has 0 heterocycles. The van der Waals surface area contributed by atoms with Gasteiger partial charge in [0.05, 0.1) is 14.2 Å². The Morgan fingerprint density at radius 1 is 1.21 bits per heavy atom. The summed E-state index contributed by atoms with van der Waals surface area (Å²) in [5, 5.41) is 2.39. The fourth-order valence-corrected chi connectivity index (χ4v) is 0.580. The van der Waals surface area contributed by atoms with Gasteiger partial charge in [-0.25, -0.2) is 9.59 Å². The van der Waals surface area contributed by atoms with Gasteiger partial charge in [-0.15, -0.1) is 22.1 Å². The van der Waals surface area contributed by atoms with Gasteiger partial charge in [-0.3, -0.25) is 0 Å². The van der Waals surface area contributed by atoms with E-state index in [1.54, 1.807) is 13.0 Å². The van der Waals surface area contributed by atoms with Crippen LogP contribution in [0.15, 0.2) is 12.7 Å². The molecule has 0 saturated carbocycles. The molecule has 0 rings (SSSR count). The summed E-state index contributed by atoms with van der Waals surface area (Å²) in [6.07, 6.45) is 0.519. The van der Waals surface area contributed by atoms with Crippen LogP contribution in [-0.4, -0.2) is 42.3 Å². The molecule has 0 aliphatic carbocycles. The minimum atomic E-state index is -0.789. The van der Waals surface area contributed by atoms with E-state index in [1.807, 2.05) is 6.92 Å². The summed E-state index contributed by atoms with van der Waals surface area (Å²) in [5.74, 6) is 0. The van der Waals surface area contributed by atoms with E-state index >= 15 is 0 Å². The Hall–Kier alpha value is 5.43. The van der Waals surface area contributed by atoms with Gasteiger partial charge in [-0.05, 0) is 13.8 Å². The molecule has 1 N–H and O–H groups in total. The number of allylic oxidation sites excluding steroid dienone is 1. The SMILES string of the molecule is C.C=CC.COC(=O)N(Cl)Cl.COC(=O)NCC(C)Cl.II.[I][V]([I])[I].[I][V][I]. The minimum absolute atomic E-state index is 0. The van der Waals surface area contributed by atoms with Crippen LogP contribution >= 0.6 is 172 Å². The Balaban J connectivity index is -0.0000000433. The predicted octanol–water partition coefficient (Wildman–Crippen LogP) is 10.4. The zero-order chi connectivity index (χ0) is 24.1. The second kappa shape index (κ2) is 50.3. The van der Waals surface area contributed by atoms with Crippen LogP contribution in [0.3, 0.4) is 0 Å². The van der Waals surface area contributed by atoms with E-state index in [0.717, 1.165) is 0 Å². The van der Waals surface area contributed by atoms with Crippen molar-refractivity contribution in [1.29, 1.82) is 0 Å². The molecule has 2 amide bonds. The normalized spacial score (nSPS) is 8.10. The van der Waals surface area contributed by atoms with Gasteiger partial charge < -0.3 is 14.8 Å². The Kier molecular flexibility index (Phi) is 88.8. The fourth-order valence-electron chi connectivity index (χ4n) is 0.365. The molecule has 0 bridgehead atoms. The molecule has 0 aliphatic rings. The third-order valence-corrected chi connectivity index (χ3v) is 1.46. The first-order valence-electron chi connectivity index (χ1n) is 5.98. The molecule has 29 heavy (non-hydrogen) atoms. The van der Waals surface area contributed by atoms with Crippen LogP contribution in [0.25, 0.3) is 0 Å². The summed E-state index contributed by atoms with van der Waals surface area (Å²) >= 11 is 31.6. The van der Waals surface area contributed by atoms with Crippen LogP contribution in [0, 0.1) is 0 Å². The standard InChI is InChI=1S/C5H10ClNO2.C3H6.C2H3Cl2NO2.CH4.I2.5HI.2V/c1-4(6)3-7-5(8)9-2;1-3-2;1-7-2(6)5(3)4;;1-2;;;;;;;/h4H,3H2,1-2H3,(H,7,8);3H,1H2,2H3;1H3;1H4;;5*1H;;/q;;;;;;;;;;+2;+3/p-5. The molecule has 0 fully saturated rings. The molecule has 181 valence electrons. The predicted molar refractivity (Wildman–Crippen MR) is 182 cm³/mol. The van der Waals surface area contributed by atoms with Gasteiger partial charge in [-0.1, -0.05) is 13.5 Å². The molecule has 6 nitrogen and oxygen atoms in total. The fraction of sp³-hybridized carbons (Fsp3) is 0.636. The number of nitrogens with zero attached hydrogens (tertiary/aromatic N) is 1. The molecule has 18 heteroatoms. The van der Waals surface area contributed by atoms with Crippen molar-refractivity contribution < 1.29 is 33.4 Å². The zero-order valence-electron chi connectivity index (χ0n) is 14.8. The molecule has 1 unspecified atom stereocenters. The maximum atomic E-state index is 10.3. The number of amides is 2. The van der Waals surface area contributed by atoms with E-state index < -0.39 is 12.2 Å². The van der Waals surface area contributed by atoms with E-state index in [1.165, 1.54) is 14.2 Å². The van der Waals surface area contributed by atoms with E-state index in [2.05, 4.69) is 158 Å². The molecule has 0 radical (unpaired) electrons. The molecular formula is C11H23Cl3I7N2O4V2. The summed E-state index contributed by atoms with van der Waals surface area (Å²) in [6.45, 7) is 7.48. The number of hydrogen-bond acceptors (Lipinski definition) is 4. The number of alkyl halides is 1. The number of alkyl carbamates (subject to hydrolysis) is 1. The summed E-state index contributed by atoms with van der Waals surface area (Å²) in [7, 11) is 3.12. The second-order valence-corrected chi connectivity index (χ2v) is 51.8. The summed E-state index contributed by atoms with van der Waals surface area (Å²) in [5.41, 5.74) is 0. The van der Waals surface area contributed by atoms with E-state index in [0.29, 0.717) is 19.9 Å². The molecule has 0 saturated heterocycles. The summed E-state index contributed by atoms with van der Waals surface area (Å²) < 4.78 is 8.63. The topological polar surface area (TPSA) is 67.9 Å². The van der Waals surface area contributed by atoms with Gasteiger partial charge in [0.25, 0.3) is 0 Å². The van der Waals surface area contributed by atoms with Crippen molar-refractivity contribution in [2.24, 2.45) is 0 Å². The number of carbonyl (C=O) groups is 2. The van der Waals surface area contributed by atoms with E-state index in [4.69, 9.17) is 35.2 Å². The first-order valence-corrected chi connectivity index (χ1v) is 35.9.